The number of esters is 1. The number of ketones is 1. The molecule has 158 valence electrons. The average Bonchev–Trinajstić information content (AvgIpc) is 2.98. The van der Waals surface area contributed by atoms with Crippen molar-refractivity contribution in [3.8, 4) is 0 Å². The summed E-state index contributed by atoms with van der Waals surface area (Å²) in [6, 6.07) is 4.34. The number of nitrogens with one attached hydrogen (secondary N) is 1. The number of aromatic amines is 1. The number of carbonyl (C=O) groups excluding carboxylic acids is 2. The molecule has 0 radical (unpaired) electrons. The molecule has 2 aromatic rings. The maximum Gasteiger partial charge on any atom is 0.354 e. The number of methoxy groups -OCH3 is 2. The molecule has 0 aliphatic heterocycles. The van der Waals surface area contributed by atoms with E-state index in [1.807, 2.05) is 0 Å². The molecule has 1 heterocycles. The number of nitrogens with zero attached hydrogens (tertiary/aromatic N) is 1. The SMILES string of the molecule is COCCN(CC(=O)c1c(C)[nH]c(C(=O)OC)c1C)S(=O)(=O)c1ccc(F)cc1. The minimum Gasteiger partial charge on any atom is -0.464 e. The molecule has 0 bridgehead atoms. The Morgan fingerprint density at radius 1 is 1.14 bits per heavy atom. The number of Topliss-reactive ketones (excluding diaryl/α,β-unsaturated/α-hetero) is 1. The Morgan fingerprint density at radius 3 is 2.31 bits per heavy atom. The van der Waals surface area contributed by atoms with Crippen molar-refractivity contribution >= 4 is 21.8 Å². The lowest BCUT2D eigenvalue weighted by Crippen LogP contribution is -2.38. The number of H-pyrrole nitrogens is 1. The van der Waals surface area contributed by atoms with Gasteiger partial charge in [0, 0.05) is 24.9 Å². The highest BCUT2D eigenvalue weighted by molar-refractivity contribution is 7.89. The summed E-state index contributed by atoms with van der Waals surface area (Å²) in [6.45, 7) is 2.71. The van der Waals surface area contributed by atoms with Gasteiger partial charge in [0.25, 0.3) is 0 Å². The number of rotatable bonds is 9. The van der Waals surface area contributed by atoms with Crippen molar-refractivity contribution in [1.29, 1.82) is 0 Å². The molecule has 0 fully saturated rings. The summed E-state index contributed by atoms with van der Waals surface area (Å²) in [5.41, 5.74) is 1.17. The van der Waals surface area contributed by atoms with E-state index in [2.05, 4.69) is 9.72 Å². The molecule has 8 nitrogen and oxygen atoms in total. The van der Waals surface area contributed by atoms with Gasteiger partial charge < -0.3 is 14.5 Å². The van der Waals surface area contributed by atoms with E-state index in [1.54, 1.807) is 13.8 Å². The van der Waals surface area contributed by atoms with Crippen molar-refractivity contribution < 1.29 is 31.9 Å². The molecule has 0 unspecified atom stereocenters. The topological polar surface area (TPSA) is 106 Å². The van der Waals surface area contributed by atoms with Crippen LogP contribution in [0.2, 0.25) is 0 Å². The molecule has 29 heavy (non-hydrogen) atoms. The fraction of sp³-hybridized carbons (Fsp3) is 0.368. The van der Waals surface area contributed by atoms with Gasteiger partial charge in [0.1, 0.15) is 11.5 Å². The van der Waals surface area contributed by atoms with Crippen LogP contribution in [0.5, 0.6) is 0 Å². The smallest absolute Gasteiger partial charge is 0.354 e. The molecule has 0 spiro atoms. The van der Waals surface area contributed by atoms with Crippen LogP contribution in [-0.2, 0) is 19.5 Å². The third kappa shape index (κ3) is 4.89. The van der Waals surface area contributed by atoms with Gasteiger partial charge in [-0.2, -0.15) is 4.31 Å². The molecular weight excluding hydrogens is 403 g/mol. The minimum absolute atomic E-state index is 0.0617. The zero-order valence-corrected chi connectivity index (χ0v) is 17.4. The number of halogens is 1. The van der Waals surface area contributed by atoms with Crippen LogP contribution in [0, 0.1) is 19.7 Å². The second-order valence-corrected chi connectivity index (χ2v) is 8.26. The first-order valence-corrected chi connectivity index (χ1v) is 10.1. The van der Waals surface area contributed by atoms with Crippen molar-refractivity contribution in [3.63, 3.8) is 0 Å². The Bertz CT molecular complexity index is 998. The lowest BCUT2D eigenvalue weighted by Gasteiger charge is -2.21. The lowest BCUT2D eigenvalue weighted by atomic mass is 10.1. The summed E-state index contributed by atoms with van der Waals surface area (Å²) >= 11 is 0. The van der Waals surface area contributed by atoms with Crippen molar-refractivity contribution in [2.45, 2.75) is 18.7 Å². The van der Waals surface area contributed by atoms with E-state index >= 15 is 0 Å². The predicted octanol–water partition coefficient (Wildman–Crippen LogP) is 2.08. The van der Waals surface area contributed by atoms with Crippen LogP contribution in [0.4, 0.5) is 4.39 Å². The van der Waals surface area contributed by atoms with Crippen molar-refractivity contribution in [1.82, 2.24) is 9.29 Å². The van der Waals surface area contributed by atoms with Gasteiger partial charge in [0.2, 0.25) is 10.0 Å². The quantitative estimate of drug-likeness (QED) is 0.486. The third-order valence-corrected chi connectivity index (χ3v) is 6.28. The molecule has 0 saturated carbocycles. The maximum absolute atomic E-state index is 13.2. The van der Waals surface area contributed by atoms with Crippen LogP contribution >= 0.6 is 0 Å². The minimum atomic E-state index is -4.07. The molecule has 0 saturated heterocycles. The number of carbonyl (C=O) groups is 2. The number of ether oxygens (including phenoxy) is 2. The van der Waals surface area contributed by atoms with E-state index in [9.17, 15) is 22.4 Å². The van der Waals surface area contributed by atoms with Crippen LogP contribution < -0.4 is 0 Å². The highest BCUT2D eigenvalue weighted by atomic mass is 32.2. The molecular formula is C19H23FN2O6S. The number of aryl methyl sites for hydroxylation is 1. The molecule has 10 heteroatoms. The van der Waals surface area contributed by atoms with Crippen LogP contribution in [0.1, 0.15) is 32.1 Å². The maximum atomic E-state index is 13.2. The van der Waals surface area contributed by atoms with Crippen molar-refractivity contribution in [2.24, 2.45) is 0 Å². The number of sulfonamides is 1. The molecule has 0 amide bonds. The Morgan fingerprint density at radius 2 is 1.76 bits per heavy atom. The summed E-state index contributed by atoms with van der Waals surface area (Å²) in [7, 11) is -1.44. The van der Waals surface area contributed by atoms with Gasteiger partial charge >= 0.3 is 5.97 Å². The zero-order chi connectivity index (χ0) is 21.8. The van der Waals surface area contributed by atoms with E-state index < -0.39 is 34.1 Å². The number of hydrogen-bond donors (Lipinski definition) is 1. The predicted molar refractivity (Wildman–Crippen MR) is 103 cm³/mol. The summed E-state index contributed by atoms with van der Waals surface area (Å²) in [5, 5.41) is 0. The van der Waals surface area contributed by atoms with Crippen LogP contribution in [0.3, 0.4) is 0 Å². The fourth-order valence-corrected chi connectivity index (χ4v) is 4.33. The van der Waals surface area contributed by atoms with Gasteiger partial charge in [0.15, 0.2) is 5.78 Å². The van der Waals surface area contributed by atoms with Gasteiger partial charge in [0.05, 0.1) is 25.2 Å². The molecule has 0 aliphatic carbocycles. The highest BCUT2D eigenvalue weighted by Crippen LogP contribution is 2.22. The van der Waals surface area contributed by atoms with Crippen molar-refractivity contribution in [2.75, 3.05) is 33.9 Å². The summed E-state index contributed by atoms with van der Waals surface area (Å²) in [4.78, 5) is 27.4. The third-order valence-electron chi connectivity index (χ3n) is 4.42. The molecule has 1 aromatic carbocycles. The Labute approximate surface area is 168 Å². The first kappa shape index (κ1) is 22.7. The molecule has 1 N–H and O–H groups in total. The summed E-state index contributed by atoms with van der Waals surface area (Å²) in [6.07, 6.45) is 0. The Kier molecular flexibility index (Phi) is 7.28. The zero-order valence-electron chi connectivity index (χ0n) is 16.6. The standard InChI is InChI=1S/C19H23FN2O6S/c1-12-17(13(2)21-18(12)19(24)28-4)16(23)11-22(9-10-27-3)29(25,26)15-7-5-14(20)6-8-15/h5-8,21H,9-11H2,1-4H3. The second-order valence-electron chi connectivity index (χ2n) is 6.33. The van der Waals surface area contributed by atoms with E-state index in [0.29, 0.717) is 11.3 Å². The first-order chi connectivity index (χ1) is 13.6. The number of aromatic nitrogens is 1. The van der Waals surface area contributed by atoms with Gasteiger partial charge in [-0.05, 0) is 43.7 Å². The normalized spacial score (nSPS) is 11.7. The van der Waals surface area contributed by atoms with Gasteiger partial charge in [-0.15, -0.1) is 0 Å². The van der Waals surface area contributed by atoms with Gasteiger partial charge in [-0.1, -0.05) is 0 Å². The summed E-state index contributed by atoms with van der Waals surface area (Å²) in [5.74, 6) is -1.69. The molecule has 0 aliphatic rings. The van der Waals surface area contributed by atoms with E-state index in [0.717, 1.165) is 28.6 Å². The Balaban J connectivity index is 2.38. The van der Waals surface area contributed by atoms with E-state index in [-0.39, 0.29) is 29.3 Å². The van der Waals surface area contributed by atoms with Crippen molar-refractivity contribution in [3.05, 3.63) is 52.6 Å². The fourth-order valence-electron chi connectivity index (χ4n) is 2.95. The van der Waals surface area contributed by atoms with E-state index in [4.69, 9.17) is 4.74 Å². The van der Waals surface area contributed by atoms with Gasteiger partial charge in [-0.3, -0.25) is 4.79 Å². The molecule has 0 atom stereocenters. The van der Waals surface area contributed by atoms with E-state index in [1.165, 1.54) is 14.2 Å². The van der Waals surface area contributed by atoms with Gasteiger partial charge in [-0.25, -0.2) is 17.6 Å². The number of hydrogen-bond acceptors (Lipinski definition) is 6. The second kappa shape index (κ2) is 9.29. The molecule has 1 aromatic heterocycles. The van der Waals surface area contributed by atoms with Crippen LogP contribution in [0.15, 0.2) is 29.2 Å². The van der Waals surface area contributed by atoms with Crippen LogP contribution in [0.25, 0.3) is 0 Å². The lowest BCUT2D eigenvalue weighted by molar-refractivity contribution is 0.0593. The first-order valence-electron chi connectivity index (χ1n) is 8.68. The highest BCUT2D eigenvalue weighted by Gasteiger charge is 2.29. The largest absolute Gasteiger partial charge is 0.464 e. The molecule has 2 rings (SSSR count). The Hall–Kier alpha value is -2.56. The summed E-state index contributed by atoms with van der Waals surface area (Å²) < 4.78 is 49.7. The monoisotopic (exact) mass is 426 g/mol. The number of benzene rings is 1. The van der Waals surface area contributed by atoms with Crippen LogP contribution in [-0.4, -0.2) is 63.4 Å². The average molecular weight is 426 g/mol.